The predicted octanol–water partition coefficient (Wildman–Crippen LogP) is 30.3. The average Bonchev–Trinajstić information content (AvgIpc) is 1.63. The van der Waals surface area contributed by atoms with Crippen molar-refractivity contribution in [1.29, 1.82) is 0 Å². The van der Waals surface area contributed by atoms with Crippen LogP contribution in [0, 0.1) is 86.7 Å². The molecule has 0 spiro atoms. The Morgan fingerprint density at radius 1 is 0.383 bits per heavy atom. The van der Waals surface area contributed by atoms with Gasteiger partial charge in [0.25, 0.3) is 0 Å². The van der Waals surface area contributed by atoms with E-state index in [9.17, 15) is 26.7 Å². The summed E-state index contributed by atoms with van der Waals surface area (Å²) >= 11 is 0. The van der Waals surface area contributed by atoms with Crippen LogP contribution in [0.3, 0.4) is 0 Å². The molecule has 0 unspecified atom stereocenters. The summed E-state index contributed by atoms with van der Waals surface area (Å²) in [7, 11) is -1.08. The van der Waals surface area contributed by atoms with E-state index >= 15 is 0 Å². The van der Waals surface area contributed by atoms with Crippen LogP contribution in [-0.4, -0.2) is 24.5 Å². The second-order valence-electron chi connectivity index (χ2n) is 33.5. The van der Waals surface area contributed by atoms with Crippen LogP contribution in [0.15, 0.2) is 261 Å². The molecule has 0 radical (unpaired) electrons. The van der Waals surface area contributed by atoms with Gasteiger partial charge in [-0.15, -0.1) is 0 Å². The topological polar surface area (TPSA) is 44.8 Å². The highest BCUT2D eigenvalue weighted by atomic mass is 32.2. The predicted molar refractivity (Wildman–Crippen MR) is 472 cm³/mol. The van der Waals surface area contributed by atoms with Crippen LogP contribution in [0.5, 0.6) is 5.75 Å². The smallest absolute Gasteiger partial charge is 0.416 e. The van der Waals surface area contributed by atoms with Crippen molar-refractivity contribution in [1.82, 2.24) is 0 Å². The Bertz CT molecular complexity index is 6100. The minimum atomic E-state index is -4.32. The van der Waals surface area contributed by atoms with Gasteiger partial charge in [-0.1, -0.05) is 103 Å². The first-order valence-electron chi connectivity index (χ1n) is 40.9. The third-order valence-electron chi connectivity index (χ3n) is 26.3. The maximum Gasteiger partial charge on any atom is 0.416 e. The van der Waals surface area contributed by atoms with Crippen molar-refractivity contribution >= 4 is 129 Å². The summed E-state index contributed by atoms with van der Waals surface area (Å²) in [5, 5.41) is 10.0. The van der Waals surface area contributed by atoms with Crippen LogP contribution in [-0.2, 0) is 26.9 Å². The van der Waals surface area contributed by atoms with Crippen molar-refractivity contribution in [2.75, 3.05) is 6.79 Å². The van der Waals surface area contributed by atoms with E-state index in [-0.39, 0.29) is 32.5 Å². The van der Waals surface area contributed by atoms with Crippen molar-refractivity contribution in [3.05, 3.63) is 306 Å². The highest BCUT2D eigenvalue weighted by molar-refractivity contribution is 7.51. The van der Waals surface area contributed by atoms with Gasteiger partial charge in [0.05, 0.1) is 11.7 Å². The number of halogens is 5. The molecular weight excluding hydrogens is 1510 g/mol. The zero-order chi connectivity index (χ0) is 78.5. The van der Waals surface area contributed by atoms with E-state index in [1.807, 2.05) is 84.9 Å². The van der Waals surface area contributed by atoms with E-state index in [0.717, 1.165) is 100 Å². The molecule has 4 aromatic heterocycles. The first kappa shape index (κ1) is 75.4. The summed E-state index contributed by atoms with van der Waals surface area (Å²) < 4.78 is 95.6. The van der Waals surface area contributed by atoms with Crippen LogP contribution in [0.1, 0.15) is 111 Å². The molecule has 0 atom stereocenters. The molecule has 115 heavy (non-hydrogen) atoms. The SMILES string of the molecule is Cc1cc(-[s+]2c3ccccc3c3ccccc32)cc(C)c1CCC(=O)OC1(C)C2CC3CC(C2)CC1C3.Cc1cc(-[s+]2c3ccccc3c3ccccc32)cc(C)c1OCOC1C2CC3CC(C2)CC1C3.FC(F)(F)c1cccc(-[s+]2c3ccccc3c3ccccc32)c1.Fc1cc(F)cc(-[s+]2c3ccccc3c3ccccc32)c1. The van der Waals surface area contributed by atoms with Crippen LogP contribution in [0.25, 0.3) is 100 Å². The van der Waals surface area contributed by atoms with Crippen molar-refractivity contribution < 1.29 is 41.0 Å². The van der Waals surface area contributed by atoms with Crippen LogP contribution in [0.4, 0.5) is 22.0 Å². The van der Waals surface area contributed by atoms with Crippen molar-refractivity contribution in [2.45, 2.75) is 130 Å². The first-order chi connectivity index (χ1) is 55.8. The van der Waals surface area contributed by atoms with Crippen LogP contribution in [0.2, 0.25) is 0 Å². The van der Waals surface area contributed by atoms with Gasteiger partial charge >= 0.3 is 12.1 Å². The van der Waals surface area contributed by atoms with Gasteiger partial charge in [-0.3, -0.25) is 4.79 Å². The molecule has 8 aliphatic rings. The van der Waals surface area contributed by atoms with Crippen LogP contribution < -0.4 is 4.74 Å². The number of esters is 1. The molecule has 8 saturated carbocycles. The molecule has 0 amide bonds. The molecule has 0 saturated heterocycles. The second kappa shape index (κ2) is 30.8. The zero-order valence-corrected chi connectivity index (χ0v) is 68.6. The highest BCUT2D eigenvalue weighted by Crippen LogP contribution is 2.61. The van der Waals surface area contributed by atoms with Gasteiger partial charge in [-0.2, -0.15) is 13.2 Å². The third-order valence-corrected chi connectivity index (χ3v) is 35.5. The fraction of sp³-hybridized carbons (Fsp3) is 0.284. The third kappa shape index (κ3) is 14.1. The number of thiophene rings is 4. The maximum atomic E-state index is 13.6. The van der Waals surface area contributed by atoms with E-state index in [2.05, 4.69) is 168 Å². The second-order valence-corrected chi connectivity index (χ2v) is 41.4. The Kier molecular flexibility index (Phi) is 20.2. The molecule has 24 rings (SSSR count). The molecule has 13 heteroatoms. The van der Waals surface area contributed by atoms with Crippen LogP contribution >= 0.6 is 41.9 Å². The number of alkyl halides is 3. The van der Waals surface area contributed by atoms with Gasteiger partial charge in [0.2, 0.25) is 0 Å². The standard InChI is InChI=1S/C34H37O2S.C31H33O2S.C19H12F3S.C18H11F2S/c1-21-14-27(37-31-10-6-4-8-29(31)30-9-5-7-11-32(30)37)15-22(2)28(21)12-13-33(35)36-34(3)25-17-23-16-24(19-25)20-26(34)18-23;1-19-11-25(34-28-9-5-3-7-26(28)27-8-4-6-10-29(27)34)12-20(2)30(19)32-18-33-31-23-14-21-13-22(16-23)17-24(31)15-21;20-19(21,22)13-6-5-7-14(12-13)23-17-10-3-1-8-15(17)16-9-2-4-11-18(16)23;19-12-9-13(20)11-14(10-12)21-17-7-3-1-5-15(17)16-6-2-4-8-18(16)21/h4-11,14-15,23-26H,12-13,16-20H2,1-3H3;3-12,21-24,31H,13-18H2,1-2H3;1-12H;1-11H/q4*+1. The quantitative estimate of drug-likeness (QED) is 0.0529. The fourth-order valence-electron chi connectivity index (χ4n) is 21.7. The summed E-state index contributed by atoms with van der Waals surface area (Å²) in [5.41, 5.74) is 5.47. The molecule has 580 valence electrons. The number of fused-ring (bicyclic) bond motifs is 12. The molecule has 12 aromatic carbocycles. The molecule has 16 aromatic rings. The lowest BCUT2D eigenvalue weighted by Crippen LogP contribution is -2.58. The largest absolute Gasteiger partial charge is 0.467 e. The molecule has 8 bridgehead atoms. The Morgan fingerprint density at radius 2 is 0.704 bits per heavy atom. The number of benzene rings is 12. The molecule has 8 aliphatic carbocycles. The monoisotopic (exact) mass is 1600 g/mol. The Hall–Kier alpha value is -9.60. The summed E-state index contributed by atoms with van der Waals surface area (Å²) in [5.74, 6) is 6.37. The molecule has 4 heterocycles. The van der Waals surface area contributed by atoms with Crippen molar-refractivity contribution in [2.24, 2.45) is 47.3 Å². The number of carbonyl (C=O) groups excluding carboxylic acids is 1. The van der Waals surface area contributed by atoms with E-state index in [1.54, 1.807) is 6.07 Å². The Morgan fingerprint density at radius 3 is 1.06 bits per heavy atom. The number of hydrogen-bond donors (Lipinski definition) is 0. The van der Waals surface area contributed by atoms with Gasteiger partial charge in [-0.05, 0) is 290 Å². The minimum absolute atomic E-state index is 0.00151. The summed E-state index contributed by atoms with van der Waals surface area (Å²) in [6, 6.07) is 86.4. The average molecular weight is 1610 g/mol. The van der Waals surface area contributed by atoms with Gasteiger partial charge < -0.3 is 14.2 Å². The Balaban J connectivity index is 0.000000105. The maximum absolute atomic E-state index is 13.6. The molecule has 8 fully saturated rings. The minimum Gasteiger partial charge on any atom is -0.467 e. The molecule has 0 aliphatic heterocycles. The van der Waals surface area contributed by atoms with Gasteiger partial charge in [0, 0.05) is 140 Å². The molecular formula is C102H93F5O4S4+4. The summed E-state index contributed by atoms with van der Waals surface area (Å²) in [6.07, 6.45) is 10.8. The number of aryl methyl sites for hydroxylation is 4. The number of ether oxygens (including phenoxy) is 3. The van der Waals surface area contributed by atoms with E-state index < -0.39 is 44.3 Å². The van der Waals surface area contributed by atoms with Gasteiger partial charge in [0.1, 0.15) is 23.0 Å². The fourth-order valence-corrected chi connectivity index (χ4v) is 31.7. The summed E-state index contributed by atoms with van der Waals surface area (Å²) in [4.78, 5) is 17.3. The number of rotatable bonds is 12. The normalized spacial score (nSPS) is 21.8. The van der Waals surface area contributed by atoms with E-state index in [1.165, 1.54) is 166 Å². The first-order valence-corrected chi connectivity index (χ1v) is 45.8. The van der Waals surface area contributed by atoms with E-state index in [4.69, 9.17) is 14.2 Å². The lowest BCUT2D eigenvalue weighted by Gasteiger charge is -2.59. The van der Waals surface area contributed by atoms with Gasteiger partial charge in [-0.25, -0.2) is 8.78 Å². The lowest BCUT2D eigenvalue weighted by molar-refractivity contribution is -0.203. The number of carbonyl (C=O) groups is 1. The van der Waals surface area contributed by atoms with Crippen molar-refractivity contribution in [3.8, 4) is 25.3 Å². The zero-order valence-electron chi connectivity index (χ0n) is 65.4. The lowest BCUT2D eigenvalue weighted by atomic mass is 9.50. The molecule has 4 nitrogen and oxygen atoms in total. The van der Waals surface area contributed by atoms with Gasteiger partial charge in [0.15, 0.2) is 64.0 Å². The van der Waals surface area contributed by atoms with E-state index in [0.29, 0.717) is 40.9 Å². The summed E-state index contributed by atoms with van der Waals surface area (Å²) in [6.45, 7) is 11.4. The number of hydrogen-bond acceptors (Lipinski definition) is 4. The Labute approximate surface area is 679 Å². The highest BCUT2D eigenvalue weighted by Gasteiger charge is 2.57. The van der Waals surface area contributed by atoms with Crippen molar-refractivity contribution in [3.63, 3.8) is 0 Å². The molecule has 0 N–H and O–H groups in total.